The van der Waals surface area contributed by atoms with Crippen LogP contribution in [0, 0.1) is 0 Å². The van der Waals surface area contributed by atoms with Gasteiger partial charge in [0.1, 0.15) is 19.1 Å². The molecule has 2 saturated heterocycles. The number of piperidine rings is 1. The highest BCUT2D eigenvalue weighted by atomic mass is 28.3. The summed E-state index contributed by atoms with van der Waals surface area (Å²) in [7, 11) is 1.03. The van der Waals surface area contributed by atoms with Crippen molar-refractivity contribution in [3.05, 3.63) is 54.4 Å². The monoisotopic (exact) mass is 560 g/mol. The number of anilines is 1. The maximum Gasteiger partial charge on any atom is 0.407 e. The second-order valence-electron chi connectivity index (χ2n) is 12.8. The summed E-state index contributed by atoms with van der Waals surface area (Å²) in [6.45, 7) is 8.85. The molecule has 8 nitrogen and oxygen atoms in total. The Kier molecular flexibility index (Phi) is 7.12. The summed E-state index contributed by atoms with van der Waals surface area (Å²) in [6.07, 6.45) is 6.88. The smallest absolute Gasteiger partial charge is 0.407 e. The molecule has 3 aliphatic heterocycles. The Labute approximate surface area is 237 Å². The van der Waals surface area contributed by atoms with Crippen molar-refractivity contribution in [3.63, 3.8) is 0 Å². The van der Waals surface area contributed by atoms with Gasteiger partial charge in [-0.3, -0.25) is 0 Å². The summed E-state index contributed by atoms with van der Waals surface area (Å²) in [5, 5.41) is 14.1. The van der Waals surface area contributed by atoms with E-state index in [2.05, 4.69) is 73.1 Å². The molecule has 0 radical (unpaired) electrons. The fourth-order valence-corrected chi connectivity index (χ4v) is 7.25. The molecule has 0 spiro atoms. The average molecular weight is 561 g/mol. The number of hydrogen-bond acceptors (Lipinski definition) is 5. The quantitative estimate of drug-likeness (QED) is 0.249. The van der Waals surface area contributed by atoms with Crippen LogP contribution in [0.1, 0.15) is 31.2 Å². The third kappa shape index (κ3) is 5.36. The Morgan fingerprint density at radius 1 is 1.10 bits per heavy atom. The number of fused-ring (bicyclic) bond motifs is 5. The van der Waals surface area contributed by atoms with Gasteiger partial charge in [0.05, 0.1) is 6.20 Å². The highest BCUT2D eigenvalue weighted by Gasteiger charge is 2.44. The standard InChI is InChI=1S/C31H40N4O4Si/c1-33(27-14-25-6-7-26(15-27)35(25)31(36)37)24-8-10-29-28-9-5-21(13-22(28)19-39-30(29)16-24)23-17-32-34(18-23)20-38-11-12-40(2,3)4/h5,8-10,13,16-18,25-27H,6-7,11-12,14-15,19-20H2,1-4H3,(H,36,37)/t25-,26+,27?. The molecule has 4 heterocycles. The van der Waals surface area contributed by atoms with E-state index in [4.69, 9.17) is 9.47 Å². The van der Waals surface area contributed by atoms with Gasteiger partial charge in [0.15, 0.2) is 0 Å². The maximum absolute atomic E-state index is 11.7. The average Bonchev–Trinajstić information content (AvgIpc) is 3.51. The van der Waals surface area contributed by atoms with E-state index in [1.165, 1.54) is 11.1 Å². The van der Waals surface area contributed by atoms with E-state index < -0.39 is 14.2 Å². The van der Waals surface area contributed by atoms with Crippen LogP contribution in [0.2, 0.25) is 25.7 Å². The van der Waals surface area contributed by atoms with Gasteiger partial charge in [0.25, 0.3) is 0 Å². The van der Waals surface area contributed by atoms with Gasteiger partial charge in [0, 0.05) is 68.9 Å². The van der Waals surface area contributed by atoms with Crippen molar-refractivity contribution in [2.45, 2.75) is 82.8 Å². The van der Waals surface area contributed by atoms with E-state index in [9.17, 15) is 9.90 Å². The Morgan fingerprint density at radius 3 is 2.58 bits per heavy atom. The second-order valence-corrected chi connectivity index (χ2v) is 18.4. The lowest BCUT2D eigenvalue weighted by molar-refractivity contribution is 0.0786. The van der Waals surface area contributed by atoms with Gasteiger partial charge >= 0.3 is 6.09 Å². The van der Waals surface area contributed by atoms with Crippen molar-refractivity contribution in [1.29, 1.82) is 0 Å². The lowest BCUT2D eigenvalue weighted by Gasteiger charge is -2.41. The van der Waals surface area contributed by atoms with Crippen molar-refractivity contribution in [2.24, 2.45) is 0 Å². The van der Waals surface area contributed by atoms with E-state index in [1.54, 1.807) is 4.90 Å². The first-order chi connectivity index (χ1) is 19.2. The van der Waals surface area contributed by atoms with Crippen molar-refractivity contribution in [3.8, 4) is 28.0 Å². The Hall–Kier alpha value is -3.30. The third-order valence-corrected chi connectivity index (χ3v) is 10.5. The third-order valence-electron chi connectivity index (χ3n) is 8.81. The van der Waals surface area contributed by atoms with Crippen molar-refractivity contribution < 1.29 is 19.4 Å². The molecule has 3 atom stereocenters. The van der Waals surface area contributed by atoms with E-state index in [0.29, 0.717) is 19.4 Å². The van der Waals surface area contributed by atoms with Crippen LogP contribution in [0.3, 0.4) is 0 Å². The summed E-state index contributed by atoms with van der Waals surface area (Å²) in [4.78, 5) is 15.7. The van der Waals surface area contributed by atoms with E-state index in [-0.39, 0.29) is 12.1 Å². The number of rotatable bonds is 8. The van der Waals surface area contributed by atoms with Gasteiger partial charge in [-0.1, -0.05) is 31.8 Å². The largest absolute Gasteiger partial charge is 0.488 e. The molecule has 2 aromatic carbocycles. The molecule has 3 aromatic rings. The summed E-state index contributed by atoms with van der Waals surface area (Å²) in [6, 6.07) is 14.8. The molecule has 1 aromatic heterocycles. The summed E-state index contributed by atoms with van der Waals surface area (Å²) in [5.41, 5.74) is 6.79. The van der Waals surface area contributed by atoms with Crippen molar-refractivity contribution >= 4 is 19.9 Å². The molecule has 1 amide bonds. The van der Waals surface area contributed by atoms with Crippen LogP contribution in [-0.4, -0.2) is 65.7 Å². The number of benzene rings is 2. The molecule has 2 fully saturated rings. The first kappa shape index (κ1) is 26.9. The molecule has 2 bridgehead atoms. The van der Waals surface area contributed by atoms with Gasteiger partial charge in [-0.25, -0.2) is 9.48 Å². The number of carbonyl (C=O) groups is 1. The Morgan fingerprint density at radius 2 is 1.85 bits per heavy atom. The van der Waals surface area contributed by atoms with Crippen LogP contribution in [0.4, 0.5) is 10.5 Å². The zero-order valence-corrected chi connectivity index (χ0v) is 25.0. The van der Waals surface area contributed by atoms with Crippen LogP contribution in [-0.2, 0) is 18.1 Å². The number of nitrogens with zero attached hydrogens (tertiary/aromatic N) is 4. The minimum absolute atomic E-state index is 0.133. The van der Waals surface area contributed by atoms with Crippen LogP contribution in [0.25, 0.3) is 22.3 Å². The highest BCUT2D eigenvalue weighted by molar-refractivity contribution is 6.76. The number of ether oxygens (including phenoxy) is 2. The van der Waals surface area contributed by atoms with E-state index in [1.807, 2.05) is 17.1 Å². The Balaban J connectivity index is 1.13. The summed E-state index contributed by atoms with van der Waals surface area (Å²) < 4.78 is 14.0. The van der Waals surface area contributed by atoms with Gasteiger partial charge < -0.3 is 24.4 Å². The molecule has 1 unspecified atom stereocenters. The minimum atomic E-state index is -1.10. The fraction of sp³-hybridized carbons (Fsp3) is 0.484. The molecular formula is C31H40N4O4Si. The first-order valence-electron chi connectivity index (χ1n) is 14.4. The second kappa shape index (κ2) is 10.6. The summed E-state index contributed by atoms with van der Waals surface area (Å²) in [5.74, 6) is 0.902. The van der Waals surface area contributed by atoms with E-state index >= 15 is 0 Å². The zero-order valence-electron chi connectivity index (χ0n) is 24.0. The molecule has 212 valence electrons. The molecule has 1 N–H and O–H groups in total. The predicted octanol–water partition coefficient (Wildman–Crippen LogP) is 6.53. The zero-order chi connectivity index (χ0) is 28.0. The molecular weight excluding hydrogens is 520 g/mol. The number of carboxylic acid groups (broad SMARTS) is 1. The fourth-order valence-electron chi connectivity index (χ4n) is 6.49. The number of hydrogen-bond donors (Lipinski definition) is 1. The van der Waals surface area contributed by atoms with Crippen LogP contribution in [0.15, 0.2) is 48.8 Å². The Bertz CT molecular complexity index is 1390. The lowest BCUT2D eigenvalue weighted by atomic mass is 9.93. The van der Waals surface area contributed by atoms with Gasteiger partial charge in [-0.15, -0.1) is 0 Å². The normalized spacial score (nSPS) is 21.5. The number of amides is 1. The molecule has 9 heteroatoms. The van der Waals surface area contributed by atoms with Crippen LogP contribution < -0.4 is 9.64 Å². The van der Waals surface area contributed by atoms with Gasteiger partial charge in [-0.05, 0) is 66.6 Å². The van der Waals surface area contributed by atoms with Gasteiger partial charge in [-0.2, -0.15) is 5.10 Å². The molecule has 40 heavy (non-hydrogen) atoms. The lowest BCUT2D eigenvalue weighted by Crippen LogP contribution is -2.51. The predicted molar refractivity (Wildman–Crippen MR) is 160 cm³/mol. The highest BCUT2D eigenvalue weighted by Crippen LogP contribution is 2.43. The first-order valence-corrected chi connectivity index (χ1v) is 18.1. The van der Waals surface area contributed by atoms with Crippen molar-refractivity contribution in [1.82, 2.24) is 14.7 Å². The molecule has 0 saturated carbocycles. The minimum Gasteiger partial charge on any atom is -0.488 e. The summed E-state index contributed by atoms with van der Waals surface area (Å²) >= 11 is 0. The molecule has 3 aliphatic rings. The topological polar surface area (TPSA) is 80.1 Å². The number of aromatic nitrogens is 2. The van der Waals surface area contributed by atoms with Crippen LogP contribution in [0.5, 0.6) is 5.75 Å². The van der Waals surface area contributed by atoms with Crippen LogP contribution >= 0.6 is 0 Å². The van der Waals surface area contributed by atoms with Crippen molar-refractivity contribution in [2.75, 3.05) is 18.6 Å². The molecule has 6 rings (SSSR count). The van der Waals surface area contributed by atoms with Gasteiger partial charge in [0.2, 0.25) is 0 Å². The maximum atomic E-state index is 11.7. The molecule has 0 aliphatic carbocycles. The van der Waals surface area contributed by atoms with E-state index in [0.717, 1.165) is 66.5 Å². The SMILES string of the molecule is CN(c1ccc2c(c1)OCc1cc(-c3cnn(COCC[Si](C)(C)C)c3)ccc1-2)C1C[C@H]2CC[C@@H](C1)N2C(=O)O.